The summed E-state index contributed by atoms with van der Waals surface area (Å²) < 4.78 is 7.01. The monoisotopic (exact) mass is 407 g/mol. The number of methoxy groups -OCH3 is 1. The number of carbonyl (C=O) groups is 2. The molecule has 1 aromatic carbocycles. The highest BCUT2D eigenvalue weighted by molar-refractivity contribution is 6.03. The first-order valence-electron chi connectivity index (χ1n) is 9.98. The van der Waals surface area contributed by atoms with Gasteiger partial charge in [0.15, 0.2) is 0 Å². The molecule has 0 spiro atoms. The lowest BCUT2D eigenvalue weighted by Crippen LogP contribution is -2.43. The lowest BCUT2D eigenvalue weighted by Gasteiger charge is -2.16. The Bertz CT molecular complexity index is 966. The molecular weight excluding hydrogens is 378 g/mol. The van der Waals surface area contributed by atoms with Crippen molar-refractivity contribution in [2.75, 3.05) is 7.11 Å². The molecule has 30 heavy (non-hydrogen) atoms. The third kappa shape index (κ3) is 5.84. The van der Waals surface area contributed by atoms with Crippen LogP contribution in [0.4, 0.5) is 0 Å². The van der Waals surface area contributed by atoms with Crippen molar-refractivity contribution in [2.45, 2.75) is 46.7 Å². The number of nitrogens with zero attached hydrogens (tertiary/aromatic N) is 2. The molecule has 2 rings (SSSR count). The number of hydrogen-bond donors (Lipinski definition) is 1. The summed E-state index contributed by atoms with van der Waals surface area (Å²) in [5.41, 5.74) is 3.71. The highest BCUT2D eigenvalue weighted by Gasteiger charge is 2.24. The van der Waals surface area contributed by atoms with E-state index in [-0.39, 0.29) is 12.0 Å². The minimum absolute atomic E-state index is 0.0539. The molecule has 0 radical (unpaired) electrons. The van der Waals surface area contributed by atoms with Crippen LogP contribution in [0.3, 0.4) is 0 Å². The van der Waals surface area contributed by atoms with Crippen LogP contribution in [0.15, 0.2) is 42.0 Å². The number of aromatic nitrogens is 1. The first-order chi connectivity index (χ1) is 14.3. The number of rotatable bonds is 8. The van der Waals surface area contributed by atoms with Crippen molar-refractivity contribution in [2.24, 2.45) is 5.92 Å². The lowest BCUT2D eigenvalue weighted by atomic mass is 10.1. The summed E-state index contributed by atoms with van der Waals surface area (Å²) in [4.78, 5) is 24.9. The molecule has 1 amide bonds. The Morgan fingerprint density at radius 1 is 1.23 bits per heavy atom. The van der Waals surface area contributed by atoms with Gasteiger partial charge in [-0.25, -0.2) is 4.79 Å². The Labute approximate surface area is 178 Å². The van der Waals surface area contributed by atoms with Gasteiger partial charge in [-0.05, 0) is 43.0 Å². The quantitative estimate of drug-likeness (QED) is 0.412. The number of nitriles is 1. The first kappa shape index (κ1) is 23.0. The highest BCUT2D eigenvalue weighted by Crippen LogP contribution is 2.20. The van der Waals surface area contributed by atoms with Crippen LogP contribution >= 0.6 is 0 Å². The van der Waals surface area contributed by atoms with E-state index in [1.54, 1.807) is 6.08 Å². The second kappa shape index (κ2) is 10.4. The van der Waals surface area contributed by atoms with Gasteiger partial charge in [0.2, 0.25) is 0 Å². The number of nitrogens with one attached hydrogen (secondary N) is 1. The zero-order valence-electron chi connectivity index (χ0n) is 18.2. The van der Waals surface area contributed by atoms with Crippen LogP contribution in [0, 0.1) is 31.1 Å². The van der Waals surface area contributed by atoms with Crippen molar-refractivity contribution < 1.29 is 14.3 Å². The van der Waals surface area contributed by atoms with E-state index in [2.05, 4.69) is 23.7 Å². The smallest absolute Gasteiger partial charge is 0.328 e. The predicted molar refractivity (Wildman–Crippen MR) is 116 cm³/mol. The molecule has 158 valence electrons. The molecule has 1 N–H and O–H groups in total. The summed E-state index contributed by atoms with van der Waals surface area (Å²) in [6.07, 6.45) is 1.85. The molecule has 1 unspecified atom stereocenters. The summed E-state index contributed by atoms with van der Waals surface area (Å²) in [6.45, 7) is 9.12. The number of hydrogen-bond acceptors (Lipinski definition) is 4. The van der Waals surface area contributed by atoms with Gasteiger partial charge >= 0.3 is 5.97 Å². The Kier molecular flexibility index (Phi) is 7.99. The number of esters is 1. The molecule has 6 heteroatoms. The van der Waals surface area contributed by atoms with Crippen molar-refractivity contribution in [1.82, 2.24) is 9.88 Å². The second-order valence-electron chi connectivity index (χ2n) is 7.74. The van der Waals surface area contributed by atoms with E-state index >= 15 is 0 Å². The van der Waals surface area contributed by atoms with Gasteiger partial charge in [-0.1, -0.05) is 44.2 Å². The van der Waals surface area contributed by atoms with Crippen LogP contribution < -0.4 is 5.32 Å². The Balaban J connectivity index is 2.26. The predicted octanol–water partition coefficient (Wildman–Crippen LogP) is 3.57. The molecule has 1 aromatic heterocycles. The average Bonchev–Trinajstić information content (AvgIpc) is 2.98. The molecule has 1 heterocycles. The summed E-state index contributed by atoms with van der Waals surface area (Å²) >= 11 is 0. The van der Waals surface area contributed by atoms with Gasteiger partial charge in [0.1, 0.15) is 17.7 Å². The van der Waals surface area contributed by atoms with Crippen LogP contribution in [-0.4, -0.2) is 29.6 Å². The molecular formula is C24H29N3O3. The van der Waals surface area contributed by atoms with Crippen molar-refractivity contribution in [3.63, 3.8) is 0 Å². The van der Waals surface area contributed by atoms with Crippen molar-refractivity contribution >= 4 is 18.0 Å². The standard InChI is InChI=1S/C24H29N3O3/c1-16(2)15-27-17(3)11-20(18(27)4)13-21(14-25)23(28)26-22(24(29)30-5)12-19-9-7-6-8-10-19/h6-11,13,16,22H,12,15H2,1-5H3,(H,26,28)/b21-13+. The SMILES string of the molecule is COC(=O)C(Cc1ccccc1)NC(=O)/C(C#N)=C/c1cc(C)n(CC(C)C)c1C. The van der Waals surface area contributed by atoms with Crippen LogP contribution in [0.1, 0.15) is 36.4 Å². The average molecular weight is 408 g/mol. The minimum Gasteiger partial charge on any atom is -0.467 e. The van der Waals surface area contributed by atoms with Gasteiger partial charge in [0, 0.05) is 24.4 Å². The number of aryl methyl sites for hydroxylation is 1. The summed E-state index contributed by atoms with van der Waals surface area (Å²) in [7, 11) is 1.27. The number of ether oxygens (including phenoxy) is 1. The van der Waals surface area contributed by atoms with Crippen LogP contribution in [0.25, 0.3) is 6.08 Å². The summed E-state index contributed by atoms with van der Waals surface area (Å²) in [5, 5.41) is 12.2. The maximum absolute atomic E-state index is 12.8. The van der Waals surface area contributed by atoms with Crippen LogP contribution in [0.2, 0.25) is 0 Å². The van der Waals surface area contributed by atoms with Crippen LogP contribution in [0.5, 0.6) is 0 Å². The van der Waals surface area contributed by atoms with E-state index in [1.807, 2.05) is 56.3 Å². The molecule has 0 bridgehead atoms. The van der Waals surface area contributed by atoms with Crippen molar-refractivity contribution in [3.8, 4) is 6.07 Å². The molecule has 0 fully saturated rings. The molecule has 1 atom stereocenters. The van der Waals surface area contributed by atoms with Crippen molar-refractivity contribution in [3.05, 3.63) is 64.5 Å². The third-order valence-electron chi connectivity index (χ3n) is 4.90. The Hall–Kier alpha value is -3.33. The topological polar surface area (TPSA) is 84.1 Å². The first-order valence-corrected chi connectivity index (χ1v) is 9.98. The van der Waals surface area contributed by atoms with Gasteiger partial charge in [-0.2, -0.15) is 5.26 Å². The molecule has 0 aliphatic heterocycles. The van der Waals surface area contributed by atoms with Gasteiger partial charge in [-0.3, -0.25) is 4.79 Å². The second-order valence-corrected chi connectivity index (χ2v) is 7.74. The normalized spacial score (nSPS) is 12.4. The lowest BCUT2D eigenvalue weighted by molar-refractivity contribution is -0.144. The Morgan fingerprint density at radius 3 is 2.47 bits per heavy atom. The van der Waals surface area contributed by atoms with Crippen molar-refractivity contribution in [1.29, 1.82) is 5.26 Å². The minimum atomic E-state index is -0.880. The van der Waals surface area contributed by atoms with Gasteiger partial charge in [-0.15, -0.1) is 0 Å². The highest BCUT2D eigenvalue weighted by atomic mass is 16.5. The Morgan fingerprint density at radius 2 is 1.90 bits per heavy atom. The molecule has 0 saturated heterocycles. The molecule has 0 saturated carbocycles. The van der Waals surface area contributed by atoms with E-state index in [1.165, 1.54) is 7.11 Å². The fraction of sp³-hybridized carbons (Fsp3) is 0.375. The fourth-order valence-electron chi connectivity index (χ4n) is 3.35. The number of benzene rings is 1. The summed E-state index contributed by atoms with van der Waals surface area (Å²) in [6, 6.07) is 12.4. The largest absolute Gasteiger partial charge is 0.467 e. The number of carbonyl (C=O) groups excluding carboxylic acids is 2. The summed E-state index contributed by atoms with van der Waals surface area (Å²) in [5.74, 6) is -0.679. The molecule has 0 aliphatic carbocycles. The van der Waals surface area contributed by atoms with E-state index in [4.69, 9.17) is 4.74 Å². The van der Waals surface area contributed by atoms with Gasteiger partial charge < -0.3 is 14.6 Å². The van der Waals surface area contributed by atoms with Gasteiger partial charge in [0.25, 0.3) is 5.91 Å². The molecule has 0 aliphatic rings. The molecule has 6 nitrogen and oxygen atoms in total. The maximum atomic E-state index is 12.8. The van der Waals surface area contributed by atoms with Crippen LogP contribution in [-0.2, 0) is 27.3 Å². The van der Waals surface area contributed by atoms with E-state index in [9.17, 15) is 14.9 Å². The zero-order chi connectivity index (χ0) is 22.3. The fourth-order valence-corrected chi connectivity index (χ4v) is 3.35. The van der Waals surface area contributed by atoms with E-state index in [0.29, 0.717) is 5.92 Å². The zero-order valence-corrected chi connectivity index (χ0v) is 18.2. The third-order valence-corrected chi connectivity index (χ3v) is 4.90. The molecule has 2 aromatic rings. The maximum Gasteiger partial charge on any atom is 0.328 e. The number of amides is 1. The van der Waals surface area contributed by atoms with E-state index < -0.39 is 17.9 Å². The van der Waals surface area contributed by atoms with Gasteiger partial charge in [0.05, 0.1) is 7.11 Å². The van der Waals surface area contributed by atoms with E-state index in [0.717, 1.165) is 29.1 Å².